The van der Waals surface area contributed by atoms with Gasteiger partial charge in [-0.3, -0.25) is 4.90 Å². The highest BCUT2D eigenvalue weighted by molar-refractivity contribution is 5.89. The molecule has 1 saturated carbocycles. The van der Waals surface area contributed by atoms with Crippen molar-refractivity contribution in [1.29, 1.82) is 0 Å². The molecule has 2 aliphatic rings. The van der Waals surface area contributed by atoms with Crippen LogP contribution in [0.3, 0.4) is 0 Å². The number of rotatable bonds is 7. The first-order valence-electron chi connectivity index (χ1n) is 12.8. The number of aromatic nitrogens is 3. The van der Waals surface area contributed by atoms with E-state index in [-0.39, 0.29) is 24.7 Å². The predicted octanol–water partition coefficient (Wildman–Crippen LogP) is 4.56. The van der Waals surface area contributed by atoms with Crippen LogP contribution < -0.4 is 0 Å². The molecule has 1 N–H and O–H groups in total. The molecule has 0 spiro atoms. The number of ether oxygens (including phenoxy) is 1. The van der Waals surface area contributed by atoms with Gasteiger partial charge in [0.1, 0.15) is 12.3 Å². The fourth-order valence-electron chi connectivity index (χ4n) is 5.55. The fourth-order valence-corrected chi connectivity index (χ4v) is 5.55. The van der Waals surface area contributed by atoms with Crippen LogP contribution >= 0.6 is 0 Å². The van der Waals surface area contributed by atoms with Gasteiger partial charge in [-0.15, -0.1) is 5.10 Å². The lowest BCUT2D eigenvalue weighted by molar-refractivity contribution is -0.0154. The third-order valence-corrected chi connectivity index (χ3v) is 7.43. The summed E-state index contributed by atoms with van der Waals surface area (Å²) < 4.78 is 7.17. The van der Waals surface area contributed by atoms with Gasteiger partial charge in [-0.25, -0.2) is 9.48 Å². The molecule has 1 saturated heterocycles. The van der Waals surface area contributed by atoms with Gasteiger partial charge < -0.3 is 9.84 Å². The first-order chi connectivity index (χ1) is 17.2. The standard InChI is InChI=1S/C28H34N4O3/c33-27-16-25(22-12-6-2-7-13-22)31(17-21-10-4-1-5-11-21)19-26(27)32-18-24(29-30-32)20-35-28(34)23-14-8-3-9-15-23/h2-3,6-9,12-15,18,21,25-27,33H,1,4-5,10-11,16-17,19-20H2/t25-,26-,27-/m1/s1. The highest BCUT2D eigenvalue weighted by Crippen LogP contribution is 2.37. The lowest BCUT2D eigenvalue weighted by atomic mass is 9.85. The minimum atomic E-state index is -0.538. The zero-order valence-corrected chi connectivity index (χ0v) is 20.1. The summed E-state index contributed by atoms with van der Waals surface area (Å²) in [7, 11) is 0. The molecule has 2 fully saturated rings. The largest absolute Gasteiger partial charge is 0.455 e. The van der Waals surface area contributed by atoms with Gasteiger partial charge in [0.15, 0.2) is 0 Å². The fraction of sp³-hybridized carbons (Fsp3) is 0.464. The number of piperidine rings is 1. The van der Waals surface area contributed by atoms with Crippen LogP contribution in [0, 0.1) is 5.92 Å². The van der Waals surface area contributed by atoms with Crippen LogP contribution in [0.15, 0.2) is 66.9 Å². The Morgan fingerprint density at radius 2 is 1.71 bits per heavy atom. The third kappa shape index (κ3) is 5.80. The van der Waals surface area contributed by atoms with E-state index in [2.05, 4.69) is 39.5 Å². The van der Waals surface area contributed by atoms with Gasteiger partial charge in [0.25, 0.3) is 0 Å². The molecule has 2 aromatic carbocycles. The Bertz CT molecular complexity index is 1080. The molecule has 3 aromatic rings. The Morgan fingerprint density at radius 1 is 1.00 bits per heavy atom. The quantitative estimate of drug-likeness (QED) is 0.506. The Labute approximate surface area is 206 Å². The maximum atomic E-state index is 12.3. The molecule has 0 radical (unpaired) electrons. The van der Waals surface area contributed by atoms with Crippen molar-refractivity contribution in [2.24, 2.45) is 5.92 Å². The minimum Gasteiger partial charge on any atom is -0.455 e. The second-order valence-electron chi connectivity index (χ2n) is 9.89. The Balaban J connectivity index is 1.28. The van der Waals surface area contributed by atoms with Gasteiger partial charge in [-0.2, -0.15) is 0 Å². The van der Waals surface area contributed by atoms with E-state index in [9.17, 15) is 9.90 Å². The zero-order chi connectivity index (χ0) is 24.0. The van der Waals surface area contributed by atoms with E-state index in [1.165, 1.54) is 37.7 Å². The van der Waals surface area contributed by atoms with Crippen LogP contribution in [0.1, 0.15) is 72.2 Å². The summed E-state index contributed by atoms with van der Waals surface area (Å²) in [6.07, 6.45) is 8.45. The van der Waals surface area contributed by atoms with E-state index in [1.807, 2.05) is 12.1 Å². The van der Waals surface area contributed by atoms with E-state index in [4.69, 9.17) is 4.74 Å². The first kappa shape index (κ1) is 23.7. The third-order valence-electron chi connectivity index (χ3n) is 7.43. The minimum absolute atomic E-state index is 0.0506. The number of hydrogen-bond donors (Lipinski definition) is 1. The average molecular weight is 475 g/mol. The summed E-state index contributed by atoms with van der Waals surface area (Å²) in [4.78, 5) is 14.8. The topological polar surface area (TPSA) is 80.5 Å². The van der Waals surface area contributed by atoms with Crippen LogP contribution in [-0.2, 0) is 11.3 Å². The predicted molar refractivity (Wildman–Crippen MR) is 133 cm³/mol. The van der Waals surface area contributed by atoms with Crippen LogP contribution in [0.4, 0.5) is 0 Å². The molecule has 0 bridgehead atoms. The monoisotopic (exact) mass is 474 g/mol. The molecular formula is C28H34N4O3. The summed E-state index contributed by atoms with van der Waals surface area (Å²) in [6.45, 7) is 1.80. The number of aliphatic hydroxyl groups is 1. The highest BCUT2D eigenvalue weighted by atomic mass is 16.5. The molecule has 7 heteroatoms. The summed E-state index contributed by atoms with van der Waals surface area (Å²) in [5, 5.41) is 19.7. The number of carbonyl (C=O) groups is 1. The smallest absolute Gasteiger partial charge is 0.338 e. The van der Waals surface area contributed by atoms with Crippen molar-refractivity contribution < 1.29 is 14.6 Å². The molecule has 0 amide bonds. The van der Waals surface area contributed by atoms with E-state index >= 15 is 0 Å². The second-order valence-corrected chi connectivity index (χ2v) is 9.89. The highest BCUT2D eigenvalue weighted by Gasteiger charge is 2.38. The van der Waals surface area contributed by atoms with Crippen molar-refractivity contribution in [1.82, 2.24) is 19.9 Å². The zero-order valence-electron chi connectivity index (χ0n) is 20.1. The maximum Gasteiger partial charge on any atom is 0.338 e. The molecule has 5 rings (SSSR count). The summed E-state index contributed by atoms with van der Waals surface area (Å²) in [5.41, 5.74) is 2.34. The Morgan fingerprint density at radius 3 is 2.46 bits per heavy atom. The number of likely N-dealkylation sites (tertiary alicyclic amines) is 1. The van der Waals surface area contributed by atoms with Crippen molar-refractivity contribution >= 4 is 5.97 Å². The van der Waals surface area contributed by atoms with Crippen molar-refractivity contribution in [3.8, 4) is 0 Å². The van der Waals surface area contributed by atoms with Crippen molar-refractivity contribution in [2.45, 2.75) is 63.3 Å². The molecule has 35 heavy (non-hydrogen) atoms. The Hall–Kier alpha value is -3.03. The maximum absolute atomic E-state index is 12.3. The molecule has 3 atom stereocenters. The first-order valence-corrected chi connectivity index (χ1v) is 12.8. The van der Waals surface area contributed by atoms with Crippen LogP contribution in [0.5, 0.6) is 0 Å². The van der Waals surface area contributed by atoms with Gasteiger partial charge in [-0.05, 0) is 42.9 Å². The normalized spacial score (nSPS) is 23.7. The number of esters is 1. The molecular weight excluding hydrogens is 440 g/mol. The van der Waals surface area contributed by atoms with E-state index in [0.29, 0.717) is 30.1 Å². The molecule has 7 nitrogen and oxygen atoms in total. The summed E-state index contributed by atoms with van der Waals surface area (Å²) >= 11 is 0. The number of carbonyl (C=O) groups excluding carboxylic acids is 1. The molecule has 0 unspecified atom stereocenters. The number of nitrogens with zero attached hydrogens (tertiary/aromatic N) is 4. The van der Waals surface area contributed by atoms with Gasteiger partial charge in [-0.1, -0.05) is 73.0 Å². The van der Waals surface area contributed by atoms with E-state index in [0.717, 1.165) is 6.54 Å². The molecule has 1 aliphatic carbocycles. The molecule has 1 aliphatic heterocycles. The van der Waals surface area contributed by atoms with Crippen molar-refractivity contribution in [2.75, 3.05) is 13.1 Å². The number of aliphatic hydroxyl groups excluding tert-OH is 1. The van der Waals surface area contributed by atoms with Gasteiger partial charge in [0.2, 0.25) is 0 Å². The molecule has 1 aromatic heterocycles. The summed E-state index contributed by atoms with van der Waals surface area (Å²) in [5.74, 6) is 0.316. The van der Waals surface area contributed by atoms with E-state index in [1.54, 1.807) is 35.1 Å². The Kier molecular flexibility index (Phi) is 7.54. The van der Waals surface area contributed by atoms with E-state index < -0.39 is 6.10 Å². The van der Waals surface area contributed by atoms with Crippen molar-refractivity contribution in [3.05, 3.63) is 83.7 Å². The molecule has 184 valence electrons. The molecule has 2 heterocycles. The van der Waals surface area contributed by atoms with Crippen LogP contribution in [0.2, 0.25) is 0 Å². The average Bonchev–Trinajstić information content (AvgIpc) is 3.38. The lowest BCUT2D eigenvalue weighted by Crippen LogP contribution is -2.47. The summed E-state index contributed by atoms with van der Waals surface area (Å²) in [6, 6.07) is 19.4. The van der Waals surface area contributed by atoms with Gasteiger partial charge in [0, 0.05) is 19.1 Å². The van der Waals surface area contributed by atoms with Crippen LogP contribution in [-0.4, -0.2) is 50.2 Å². The lowest BCUT2D eigenvalue weighted by Gasteiger charge is -2.44. The van der Waals surface area contributed by atoms with Gasteiger partial charge >= 0.3 is 5.97 Å². The number of hydrogen-bond acceptors (Lipinski definition) is 6. The second kappa shape index (κ2) is 11.1. The SMILES string of the molecule is O=C(OCc1cn([C@@H]2CN(CC3CCCCC3)[C@@H](c3ccccc3)C[C@H]2O)nn1)c1ccccc1. The van der Waals surface area contributed by atoms with Gasteiger partial charge in [0.05, 0.1) is 23.9 Å². The van der Waals surface area contributed by atoms with Crippen LogP contribution in [0.25, 0.3) is 0 Å². The van der Waals surface area contributed by atoms with Crippen molar-refractivity contribution in [3.63, 3.8) is 0 Å². The number of benzene rings is 2.